The van der Waals surface area contributed by atoms with Crippen molar-refractivity contribution in [1.29, 1.82) is 0 Å². The maximum Gasteiger partial charge on any atom is 0.262 e. The molecule has 5 aromatic rings. The first-order valence-corrected chi connectivity index (χ1v) is 12.5. The molecule has 1 heterocycles. The molecule has 2 N–H and O–H groups in total. The van der Waals surface area contributed by atoms with Gasteiger partial charge in [0, 0.05) is 22.0 Å². The molecule has 1 aromatic heterocycles. The highest BCUT2D eigenvalue weighted by atomic mass is 32.1. The molecule has 37 heavy (non-hydrogen) atoms. The molecule has 0 saturated carbocycles. The molecule has 5 rings (SSSR count). The average Bonchev–Trinajstić information content (AvgIpc) is 3.42. The number of amides is 1. The summed E-state index contributed by atoms with van der Waals surface area (Å²) in [5, 5.41) is 11.9. The minimum atomic E-state index is -0.258. The lowest BCUT2D eigenvalue weighted by Gasteiger charge is -2.12. The molecule has 0 fully saturated rings. The first kappa shape index (κ1) is 24.0. The quantitative estimate of drug-likeness (QED) is 0.177. The Kier molecular flexibility index (Phi) is 7.38. The molecule has 0 aliphatic carbocycles. The van der Waals surface area contributed by atoms with Gasteiger partial charge in [-0.05, 0) is 35.2 Å². The van der Waals surface area contributed by atoms with Gasteiger partial charge in [-0.3, -0.25) is 10.2 Å². The Balaban J connectivity index is 1.18. The molecule has 0 bridgehead atoms. The van der Waals surface area contributed by atoms with Crippen molar-refractivity contribution in [3.8, 4) is 22.8 Å². The largest absolute Gasteiger partial charge is 0.493 e. The zero-order valence-corrected chi connectivity index (χ0v) is 20.9. The summed E-state index contributed by atoms with van der Waals surface area (Å²) in [7, 11) is 1.55. The predicted octanol–water partition coefficient (Wildman–Crippen LogP) is 6.44. The third kappa shape index (κ3) is 5.94. The third-order valence-corrected chi connectivity index (χ3v) is 6.30. The van der Waals surface area contributed by atoms with Gasteiger partial charge in [-0.2, -0.15) is 5.10 Å². The number of rotatable bonds is 9. The molecule has 0 atom stereocenters. The molecule has 1 amide bonds. The summed E-state index contributed by atoms with van der Waals surface area (Å²) in [6.45, 7) is -0.150. The van der Waals surface area contributed by atoms with Crippen molar-refractivity contribution in [1.82, 2.24) is 4.98 Å². The molecule has 0 unspecified atom stereocenters. The van der Waals surface area contributed by atoms with Gasteiger partial charge in [-0.25, -0.2) is 4.98 Å². The Morgan fingerprint density at radius 1 is 0.973 bits per heavy atom. The van der Waals surface area contributed by atoms with Crippen molar-refractivity contribution >= 4 is 45.0 Å². The topological polar surface area (TPSA) is 84.8 Å². The molecular weight excluding hydrogens is 484 g/mol. The molecule has 0 radical (unpaired) electrons. The van der Waals surface area contributed by atoms with Gasteiger partial charge in [0.1, 0.15) is 0 Å². The van der Waals surface area contributed by atoms with Crippen molar-refractivity contribution in [3.63, 3.8) is 0 Å². The molecule has 0 spiro atoms. The van der Waals surface area contributed by atoms with Crippen molar-refractivity contribution < 1.29 is 14.3 Å². The smallest absolute Gasteiger partial charge is 0.262 e. The van der Waals surface area contributed by atoms with Crippen LogP contribution in [0.3, 0.4) is 0 Å². The number of fused-ring (bicyclic) bond motifs is 1. The van der Waals surface area contributed by atoms with Gasteiger partial charge in [-0.15, -0.1) is 11.3 Å². The number of carbonyl (C=O) groups excluding carboxylic acids is 1. The van der Waals surface area contributed by atoms with Crippen LogP contribution in [0.1, 0.15) is 5.56 Å². The molecule has 8 heteroatoms. The van der Waals surface area contributed by atoms with Crippen LogP contribution >= 0.6 is 11.3 Å². The van der Waals surface area contributed by atoms with Gasteiger partial charge >= 0.3 is 0 Å². The number of carbonyl (C=O) groups is 1. The summed E-state index contributed by atoms with van der Waals surface area (Å²) in [4.78, 5) is 17.1. The van der Waals surface area contributed by atoms with E-state index in [1.54, 1.807) is 25.5 Å². The molecule has 0 aliphatic rings. The molecule has 0 aliphatic heterocycles. The van der Waals surface area contributed by atoms with Crippen LogP contribution < -0.4 is 20.2 Å². The number of thiazole rings is 1. The molecule has 0 saturated heterocycles. The lowest BCUT2D eigenvalue weighted by Crippen LogP contribution is -2.20. The third-order valence-electron chi connectivity index (χ3n) is 5.56. The summed E-state index contributed by atoms with van der Waals surface area (Å²) >= 11 is 1.48. The van der Waals surface area contributed by atoms with Crippen LogP contribution in [0.4, 0.5) is 10.8 Å². The van der Waals surface area contributed by atoms with Crippen LogP contribution in [-0.2, 0) is 4.79 Å². The Bertz CT molecular complexity index is 1540. The van der Waals surface area contributed by atoms with E-state index in [-0.39, 0.29) is 12.5 Å². The van der Waals surface area contributed by atoms with Gasteiger partial charge in [-0.1, -0.05) is 66.7 Å². The van der Waals surface area contributed by atoms with E-state index >= 15 is 0 Å². The van der Waals surface area contributed by atoms with E-state index in [4.69, 9.17) is 9.47 Å². The van der Waals surface area contributed by atoms with Crippen LogP contribution in [0, 0.1) is 0 Å². The number of methoxy groups -OCH3 is 1. The lowest BCUT2D eigenvalue weighted by atomic mass is 10.1. The summed E-state index contributed by atoms with van der Waals surface area (Å²) < 4.78 is 11.2. The second-order valence-corrected chi connectivity index (χ2v) is 8.91. The SMILES string of the molecule is COc1cc(C=NNc2nc(-c3ccccc3)cs2)ccc1OCC(=O)Nc1cccc2ccccc12. The van der Waals surface area contributed by atoms with Crippen LogP contribution in [-0.4, -0.2) is 30.8 Å². The number of hydrogen-bond acceptors (Lipinski definition) is 7. The van der Waals surface area contributed by atoms with Gasteiger partial charge in [0.2, 0.25) is 5.13 Å². The van der Waals surface area contributed by atoms with Crippen LogP contribution in [0.25, 0.3) is 22.0 Å². The van der Waals surface area contributed by atoms with Crippen molar-refractivity contribution in [2.45, 2.75) is 0 Å². The maximum absolute atomic E-state index is 12.6. The van der Waals surface area contributed by atoms with Gasteiger partial charge in [0.05, 0.1) is 19.0 Å². The molecular formula is C29H24N4O3S. The van der Waals surface area contributed by atoms with Gasteiger partial charge < -0.3 is 14.8 Å². The highest BCUT2D eigenvalue weighted by Crippen LogP contribution is 2.28. The zero-order chi connectivity index (χ0) is 25.5. The number of anilines is 2. The highest BCUT2D eigenvalue weighted by molar-refractivity contribution is 7.14. The number of aromatic nitrogens is 1. The molecule has 4 aromatic carbocycles. The van der Waals surface area contributed by atoms with E-state index in [1.165, 1.54) is 11.3 Å². The van der Waals surface area contributed by atoms with Crippen LogP contribution in [0.15, 0.2) is 101 Å². The molecule has 184 valence electrons. The van der Waals surface area contributed by atoms with Crippen LogP contribution in [0.5, 0.6) is 11.5 Å². The first-order valence-electron chi connectivity index (χ1n) is 11.6. The summed E-state index contributed by atoms with van der Waals surface area (Å²) in [6.07, 6.45) is 1.67. The Morgan fingerprint density at radius 3 is 2.65 bits per heavy atom. The second kappa shape index (κ2) is 11.4. The first-order chi connectivity index (χ1) is 18.2. The number of hydrogen-bond donors (Lipinski definition) is 2. The van der Waals surface area contributed by atoms with Gasteiger partial charge in [0.25, 0.3) is 5.91 Å². The zero-order valence-electron chi connectivity index (χ0n) is 20.0. The fourth-order valence-corrected chi connectivity index (χ4v) is 4.44. The van der Waals surface area contributed by atoms with E-state index in [0.29, 0.717) is 16.6 Å². The lowest BCUT2D eigenvalue weighted by molar-refractivity contribution is -0.118. The van der Waals surface area contributed by atoms with Crippen molar-refractivity contribution in [2.75, 3.05) is 24.5 Å². The number of hydrazone groups is 1. The number of ether oxygens (including phenoxy) is 2. The Hall–Kier alpha value is -4.69. The number of nitrogens with one attached hydrogen (secondary N) is 2. The average molecular weight is 509 g/mol. The van der Waals surface area contributed by atoms with E-state index < -0.39 is 0 Å². The fourth-order valence-electron chi connectivity index (χ4n) is 3.78. The fraction of sp³-hybridized carbons (Fsp3) is 0.0690. The minimum absolute atomic E-state index is 0.150. The minimum Gasteiger partial charge on any atom is -0.493 e. The Morgan fingerprint density at radius 2 is 1.78 bits per heavy atom. The normalized spacial score (nSPS) is 10.9. The maximum atomic E-state index is 12.6. The standard InChI is InChI=1S/C29H24N4O3S/c1-35-27-16-20(17-30-33-29-32-25(19-37-29)22-9-3-2-4-10-22)14-15-26(27)36-18-28(34)31-24-13-7-11-21-8-5-6-12-23(21)24/h2-17,19H,18H2,1H3,(H,31,34)(H,32,33). The monoisotopic (exact) mass is 508 g/mol. The number of benzene rings is 4. The van der Waals surface area contributed by atoms with E-state index in [0.717, 1.165) is 33.3 Å². The van der Waals surface area contributed by atoms with E-state index in [2.05, 4.69) is 20.8 Å². The molecule has 7 nitrogen and oxygen atoms in total. The van der Waals surface area contributed by atoms with Gasteiger partial charge in [0.15, 0.2) is 18.1 Å². The predicted molar refractivity (Wildman–Crippen MR) is 150 cm³/mol. The number of nitrogens with zero attached hydrogens (tertiary/aromatic N) is 2. The van der Waals surface area contributed by atoms with E-state index in [9.17, 15) is 4.79 Å². The van der Waals surface area contributed by atoms with Crippen LogP contribution in [0.2, 0.25) is 0 Å². The summed E-state index contributed by atoms with van der Waals surface area (Å²) in [5.74, 6) is 0.710. The highest BCUT2D eigenvalue weighted by Gasteiger charge is 2.10. The summed E-state index contributed by atoms with van der Waals surface area (Å²) in [6, 6.07) is 29.0. The second-order valence-electron chi connectivity index (χ2n) is 8.05. The van der Waals surface area contributed by atoms with Crippen molar-refractivity contribution in [3.05, 3.63) is 102 Å². The Labute approximate surface area is 218 Å². The summed E-state index contributed by atoms with van der Waals surface area (Å²) in [5.41, 5.74) is 6.47. The van der Waals surface area contributed by atoms with Crippen molar-refractivity contribution in [2.24, 2.45) is 5.10 Å². The van der Waals surface area contributed by atoms with E-state index in [1.807, 2.05) is 84.2 Å².